The number of anilines is 1. The summed E-state index contributed by atoms with van der Waals surface area (Å²) in [6.45, 7) is 0. The van der Waals surface area contributed by atoms with Crippen LogP contribution in [0.15, 0.2) is 42.7 Å². The molecule has 0 aliphatic heterocycles. The second-order valence-electron chi connectivity index (χ2n) is 4.86. The number of rotatable bonds is 2. The fourth-order valence-electron chi connectivity index (χ4n) is 2.23. The molecule has 0 radical (unpaired) electrons. The summed E-state index contributed by atoms with van der Waals surface area (Å²) in [6.07, 6.45) is 3.55. The van der Waals surface area contributed by atoms with Gasteiger partial charge in [0.15, 0.2) is 5.11 Å². The zero-order valence-electron chi connectivity index (χ0n) is 11.8. The Hall–Kier alpha value is -2.31. The molecule has 2 aromatic heterocycles. The van der Waals surface area contributed by atoms with Gasteiger partial charge in [-0.25, -0.2) is 5.01 Å². The van der Waals surface area contributed by atoms with E-state index in [0.29, 0.717) is 5.11 Å². The monoisotopic (exact) mass is 297 g/mol. The van der Waals surface area contributed by atoms with Crippen LogP contribution >= 0.6 is 12.2 Å². The van der Waals surface area contributed by atoms with E-state index < -0.39 is 0 Å². The van der Waals surface area contributed by atoms with Gasteiger partial charge in [0.05, 0.1) is 16.7 Å². The highest BCUT2D eigenvalue weighted by atomic mass is 32.1. The Morgan fingerprint density at radius 2 is 1.81 bits per heavy atom. The van der Waals surface area contributed by atoms with E-state index in [1.807, 2.05) is 44.4 Å². The quantitative estimate of drug-likeness (QED) is 0.431. The Morgan fingerprint density at radius 3 is 2.57 bits per heavy atom. The smallest absolute Gasteiger partial charge is 0.185 e. The second kappa shape index (κ2) is 5.59. The van der Waals surface area contributed by atoms with Crippen LogP contribution in [0.5, 0.6) is 0 Å². The summed E-state index contributed by atoms with van der Waals surface area (Å²) in [5, 5.41) is 7.56. The molecule has 0 amide bonds. The molecular weight excluding hydrogens is 282 g/mol. The summed E-state index contributed by atoms with van der Waals surface area (Å²) in [4.78, 5) is 8.89. The average Bonchev–Trinajstić information content (AvgIpc) is 2.46. The van der Waals surface area contributed by atoms with Crippen LogP contribution in [-0.4, -0.2) is 34.2 Å². The number of aromatic nitrogens is 2. The van der Waals surface area contributed by atoms with Gasteiger partial charge in [0, 0.05) is 37.3 Å². The van der Waals surface area contributed by atoms with E-state index >= 15 is 0 Å². The molecule has 0 spiro atoms. The van der Waals surface area contributed by atoms with Crippen LogP contribution in [0.1, 0.15) is 0 Å². The minimum Gasteiger partial charge on any atom is -0.331 e. The predicted molar refractivity (Wildman–Crippen MR) is 90.1 cm³/mol. The third kappa shape index (κ3) is 2.76. The molecule has 5 nitrogen and oxygen atoms in total. The molecule has 6 heteroatoms. The van der Waals surface area contributed by atoms with Crippen molar-refractivity contribution in [2.45, 2.75) is 0 Å². The average molecular weight is 297 g/mol. The van der Waals surface area contributed by atoms with Gasteiger partial charge < -0.3 is 5.32 Å². The molecule has 2 N–H and O–H groups in total. The lowest BCUT2D eigenvalue weighted by molar-refractivity contribution is 0.365. The molecule has 0 saturated heterocycles. The molecule has 0 saturated carbocycles. The van der Waals surface area contributed by atoms with E-state index in [4.69, 9.17) is 12.2 Å². The minimum atomic E-state index is 0.536. The van der Waals surface area contributed by atoms with Crippen LogP contribution in [0.3, 0.4) is 0 Å². The Kier molecular flexibility index (Phi) is 3.64. The summed E-state index contributed by atoms with van der Waals surface area (Å²) in [6, 6.07) is 9.89. The Bertz CT molecular complexity index is 815. The maximum absolute atomic E-state index is 5.30. The van der Waals surface area contributed by atoms with Crippen molar-refractivity contribution in [3.63, 3.8) is 0 Å². The second-order valence-corrected chi connectivity index (χ2v) is 5.27. The number of nitrogens with one attached hydrogen (secondary N) is 2. The van der Waals surface area contributed by atoms with Crippen LogP contribution in [-0.2, 0) is 0 Å². The predicted octanol–water partition coefficient (Wildman–Crippen LogP) is 2.55. The Morgan fingerprint density at radius 1 is 1.10 bits per heavy atom. The molecule has 0 bridgehead atoms. The van der Waals surface area contributed by atoms with Crippen LogP contribution in [0.2, 0.25) is 0 Å². The molecule has 2 heterocycles. The van der Waals surface area contributed by atoms with Crippen molar-refractivity contribution in [2.24, 2.45) is 0 Å². The van der Waals surface area contributed by atoms with E-state index in [0.717, 1.165) is 27.5 Å². The number of thiocarbonyl (C=S) groups is 1. The molecule has 1 aromatic carbocycles. The standard InChI is InChI=1S/C15H15N5S/c1-20(2)19-15(21)18-12-9-10-5-3-7-16-13(10)14-11(12)6-4-8-17-14/h3-9H,1-2H3,(H2,18,19,21). The first-order valence-corrected chi connectivity index (χ1v) is 6.93. The zero-order valence-corrected chi connectivity index (χ0v) is 12.6. The van der Waals surface area contributed by atoms with Gasteiger partial charge in [-0.15, -0.1) is 0 Å². The molecule has 0 aliphatic carbocycles. The van der Waals surface area contributed by atoms with Gasteiger partial charge in [-0.3, -0.25) is 15.4 Å². The first-order chi connectivity index (χ1) is 10.1. The van der Waals surface area contributed by atoms with E-state index in [9.17, 15) is 0 Å². The van der Waals surface area contributed by atoms with Gasteiger partial charge in [-0.2, -0.15) is 0 Å². The van der Waals surface area contributed by atoms with Crippen LogP contribution in [0.25, 0.3) is 21.8 Å². The molecule has 0 fully saturated rings. The lowest BCUT2D eigenvalue weighted by Gasteiger charge is -2.17. The number of pyridine rings is 2. The van der Waals surface area contributed by atoms with Crippen LogP contribution < -0.4 is 10.7 Å². The highest BCUT2D eigenvalue weighted by molar-refractivity contribution is 7.80. The SMILES string of the molecule is CN(C)NC(=S)Nc1cc2cccnc2c2ncccc12. The number of hydrogen-bond acceptors (Lipinski definition) is 4. The fraction of sp³-hybridized carbons (Fsp3) is 0.133. The maximum atomic E-state index is 5.30. The summed E-state index contributed by atoms with van der Waals surface area (Å²) in [7, 11) is 3.77. The normalized spacial score (nSPS) is 11.0. The van der Waals surface area contributed by atoms with Crippen LogP contribution in [0, 0.1) is 0 Å². The topological polar surface area (TPSA) is 53.1 Å². The molecule has 0 atom stereocenters. The molecule has 3 aromatic rings. The first kappa shape index (κ1) is 13.7. The number of hydrogen-bond donors (Lipinski definition) is 2. The molecule has 0 aliphatic rings. The van der Waals surface area contributed by atoms with Gasteiger partial charge >= 0.3 is 0 Å². The van der Waals surface area contributed by atoms with Crippen molar-refractivity contribution in [3.05, 3.63) is 42.7 Å². The molecule has 106 valence electrons. The summed E-state index contributed by atoms with van der Waals surface area (Å²) >= 11 is 5.30. The maximum Gasteiger partial charge on any atom is 0.185 e. The highest BCUT2D eigenvalue weighted by Gasteiger charge is 2.09. The van der Waals surface area contributed by atoms with Crippen molar-refractivity contribution < 1.29 is 0 Å². The van der Waals surface area contributed by atoms with Crippen molar-refractivity contribution in [1.29, 1.82) is 0 Å². The highest BCUT2D eigenvalue weighted by Crippen LogP contribution is 2.29. The van der Waals surface area contributed by atoms with E-state index in [2.05, 4.69) is 20.7 Å². The van der Waals surface area contributed by atoms with Gasteiger partial charge in [-0.05, 0) is 36.5 Å². The van der Waals surface area contributed by atoms with Crippen molar-refractivity contribution in [1.82, 2.24) is 20.4 Å². The van der Waals surface area contributed by atoms with Crippen molar-refractivity contribution >= 4 is 44.8 Å². The van der Waals surface area contributed by atoms with Crippen molar-refractivity contribution in [2.75, 3.05) is 19.4 Å². The molecule has 3 rings (SSSR count). The van der Waals surface area contributed by atoms with E-state index in [1.54, 1.807) is 17.4 Å². The summed E-state index contributed by atoms with van der Waals surface area (Å²) in [5.74, 6) is 0. The van der Waals surface area contributed by atoms with Crippen molar-refractivity contribution in [3.8, 4) is 0 Å². The third-order valence-corrected chi connectivity index (χ3v) is 3.23. The van der Waals surface area contributed by atoms with E-state index in [-0.39, 0.29) is 0 Å². The molecule has 0 unspecified atom stereocenters. The minimum absolute atomic E-state index is 0.536. The first-order valence-electron chi connectivity index (χ1n) is 6.52. The Balaban J connectivity index is 2.14. The summed E-state index contributed by atoms with van der Waals surface area (Å²) in [5.41, 5.74) is 5.70. The van der Waals surface area contributed by atoms with Gasteiger partial charge in [0.2, 0.25) is 0 Å². The number of nitrogens with zero attached hydrogens (tertiary/aromatic N) is 3. The third-order valence-electron chi connectivity index (χ3n) is 3.03. The fourth-order valence-corrected chi connectivity index (χ4v) is 2.53. The largest absolute Gasteiger partial charge is 0.331 e. The number of fused-ring (bicyclic) bond motifs is 3. The van der Waals surface area contributed by atoms with Gasteiger partial charge in [-0.1, -0.05) is 6.07 Å². The lowest BCUT2D eigenvalue weighted by Crippen LogP contribution is -2.39. The van der Waals surface area contributed by atoms with Gasteiger partial charge in [0.25, 0.3) is 0 Å². The number of benzene rings is 1. The zero-order chi connectivity index (χ0) is 14.8. The van der Waals surface area contributed by atoms with E-state index in [1.165, 1.54) is 0 Å². The lowest BCUT2D eigenvalue weighted by atomic mass is 10.1. The molecular formula is C15H15N5S. The molecule has 21 heavy (non-hydrogen) atoms. The van der Waals surface area contributed by atoms with Gasteiger partial charge in [0.1, 0.15) is 0 Å². The number of hydrazine groups is 1. The Labute approximate surface area is 128 Å². The summed E-state index contributed by atoms with van der Waals surface area (Å²) < 4.78 is 0. The van der Waals surface area contributed by atoms with Crippen LogP contribution in [0.4, 0.5) is 5.69 Å².